The normalized spacial score (nSPS) is 52.0. The predicted octanol–water partition coefficient (Wildman–Crippen LogP) is 3.48. The van der Waals surface area contributed by atoms with Crippen LogP contribution in [-0.4, -0.2) is 86.0 Å². The average molecular weight is 647 g/mol. The molecule has 1 heterocycles. The molecule has 0 radical (unpaired) electrons. The maximum atomic E-state index is 14.4. The lowest BCUT2D eigenvalue weighted by molar-refractivity contribution is -0.295. The Kier molecular flexibility index (Phi) is 8.22. The van der Waals surface area contributed by atoms with Gasteiger partial charge in [0.25, 0.3) is 0 Å². The first-order valence-corrected chi connectivity index (χ1v) is 17.3. The molecule has 4 fully saturated rings. The highest BCUT2D eigenvalue weighted by Gasteiger charge is 2.70. The van der Waals surface area contributed by atoms with Crippen molar-refractivity contribution in [3.63, 3.8) is 0 Å². The highest BCUT2D eigenvalue weighted by atomic mass is 16.7. The summed E-state index contributed by atoms with van der Waals surface area (Å²) in [6.45, 7) is 12.4. The number of carbonyl (C=O) groups is 2. The second-order valence-corrected chi connectivity index (χ2v) is 16.6. The van der Waals surface area contributed by atoms with Gasteiger partial charge in [-0.25, -0.2) is 0 Å². The molecule has 0 aromatic carbocycles. The van der Waals surface area contributed by atoms with Crippen molar-refractivity contribution in [1.82, 2.24) is 0 Å². The van der Waals surface area contributed by atoms with E-state index in [1.165, 1.54) is 5.57 Å². The maximum Gasteiger partial charge on any atom is 0.318 e. The minimum atomic E-state index is -1.67. The molecule has 14 atom stereocenters. The summed E-state index contributed by atoms with van der Waals surface area (Å²) in [6, 6.07) is 0. The van der Waals surface area contributed by atoms with Crippen molar-refractivity contribution in [3.8, 4) is 0 Å². The first kappa shape index (κ1) is 34.1. The zero-order chi connectivity index (χ0) is 33.8. The van der Waals surface area contributed by atoms with Gasteiger partial charge in [0.15, 0.2) is 0 Å². The summed E-state index contributed by atoms with van der Waals surface area (Å²) in [4.78, 5) is 27.1. The van der Waals surface area contributed by atoms with Gasteiger partial charge in [-0.05, 0) is 117 Å². The van der Waals surface area contributed by atoms with E-state index in [1.54, 1.807) is 6.92 Å². The van der Waals surface area contributed by atoms with Crippen LogP contribution >= 0.6 is 0 Å². The topological polar surface area (TPSA) is 174 Å². The van der Waals surface area contributed by atoms with E-state index < -0.39 is 66.2 Å². The molecule has 6 rings (SSSR count). The van der Waals surface area contributed by atoms with Crippen LogP contribution in [0.5, 0.6) is 0 Å². The molecule has 0 unspecified atom stereocenters. The number of carbonyl (C=O) groups excluding carboxylic acids is 1. The number of ether oxygens (including phenoxy) is 2. The van der Waals surface area contributed by atoms with Gasteiger partial charge in [0.2, 0.25) is 6.29 Å². The van der Waals surface area contributed by atoms with Gasteiger partial charge in [0, 0.05) is 0 Å². The van der Waals surface area contributed by atoms with Crippen molar-refractivity contribution >= 4 is 11.9 Å². The SMILES string of the molecule is CC1=C2C3=CC[C@@H]4[C@@]5(C)CC[C@H](O)[C@](C)(C(=O)O)[C@@H]5CC[C@@]4(C)[C@]3(C)CC[C@@]2(C(=O)O[C@@H]2O[C@H](CO)[C@@H](O)[C@H](O)[C@H]2O)CC[C@H]1C. The van der Waals surface area contributed by atoms with Crippen LogP contribution in [0.1, 0.15) is 99.3 Å². The summed E-state index contributed by atoms with van der Waals surface area (Å²) in [6.07, 6.45) is 0.0153. The lowest BCUT2D eigenvalue weighted by Gasteiger charge is -2.70. The van der Waals surface area contributed by atoms with Crippen LogP contribution in [0.2, 0.25) is 0 Å². The average Bonchev–Trinajstić information content (AvgIpc) is 3.01. The molecule has 1 saturated heterocycles. The van der Waals surface area contributed by atoms with E-state index in [4.69, 9.17) is 9.47 Å². The molecule has 258 valence electrons. The van der Waals surface area contributed by atoms with Gasteiger partial charge in [0.1, 0.15) is 24.4 Å². The van der Waals surface area contributed by atoms with Gasteiger partial charge in [-0.15, -0.1) is 0 Å². The first-order valence-electron chi connectivity index (χ1n) is 17.3. The summed E-state index contributed by atoms with van der Waals surface area (Å²) in [5.41, 5.74) is 0.419. The van der Waals surface area contributed by atoms with Crippen molar-refractivity contribution in [2.45, 2.75) is 136 Å². The van der Waals surface area contributed by atoms with E-state index in [0.717, 1.165) is 43.3 Å². The molecule has 0 spiro atoms. The Labute approximate surface area is 271 Å². The Morgan fingerprint density at radius 1 is 0.913 bits per heavy atom. The molecule has 3 saturated carbocycles. The molecule has 10 heteroatoms. The number of allylic oxidation sites excluding steroid dienone is 3. The quantitative estimate of drug-likeness (QED) is 0.248. The van der Waals surface area contributed by atoms with Crippen LogP contribution in [0.25, 0.3) is 0 Å². The number of fused-ring (bicyclic) bond motifs is 7. The minimum absolute atomic E-state index is 0.148. The Morgan fingerprint density at radius 2 is 1.61 bits per heavy atom. The Hall–Kier alpha value is -1.82. The van der Waals surface area contributed by atoms with Crippen LogP contribution in [0.3, 0.4) is 0 Å². The van der Waals surface area contributed by atoms with Crippen LogP contribution in [-0.2, 0) is 19.1 Å². The number of carboxylic acid groups (broad SMARTS) is 1. The fraction of sp³-hybridized carbons (Fsp3) is 0.833. The number of aliphatic hydroxyl groups excluding tert-OH is 5. The van der Waals surface area contributed by atoms with Crippen molar-refractivity contribution in [2.24, 2.45) is 44.8 Å². The molecule has 1 aliphatic heterocycles. The van der Waals surface area contributed by atoms with Crippen LogP contribution in [0.15, 0.2) is 22.8 Å². The summed E-state index contributed by atoms with van der Waals surface area (Å²) >= 11 is 0. The number of aliphatic carboxylic acids is 1. The predicted molar refractivity (Wildman–Crippen MR) is 167 cm³/mol. The lowest BCUT2D eigenvalue weighted by atomic mass is 9.34. The molecule has 6 N–H and O–H groups in total. The fourth-order valence-corrected chi connectivity index (χ4v) is 11.6. The van der Waals surface area contributed by atoms with Gasteiger partial charge < -0.3 is 40.1 Å². The van der Waals surface area contributed by atoms with E-state index >= 15 is 0 Å². The van der Waals surface area contributed by atoms with Crippen LogP contribution in [0.4, 0.5) is 0 Å². The molecule has 0 aromatic rings. The smallest absolute Gasteiger partial charge is 0.318 e. The lowest BCUT2D eigenvalue weighted by Crippen LogP contribution is -2.66. The number of carboxylic acids is 1. The zero-order valence-electron chi connectivity index (χ0n) is 28.2. The maximum absolute atomic E-state index is 14.4. The van der Waals surface area contributed by atoms with E-state index in [9.17, 15) is 40.2 Å². The summed E-state index contributed by atoms with van der Waals surface area (Å²) in [5.74, 6) is -1.14. The largest absolute Gasteiger partial charge is 0.481 e. The number of hydrogen-bond acceptors (Lipinski definition) is 9. The van der Waals surface area contributed by atoms with E-state index in [1.807, 2.05) is 0 Å². The second-order valence-electron chi connectivity index (χ2n) is 16.6. The van der Waals surface area contributed by atoms with Gasteiger partial charge in [-0.2, -0.15) is 0 Å². The summed E-state index contributed by atoms with van der Waals surface area (Å²) in [5, 5.41) is 62.4. The van der Waals surface area contributed by atoms with Gasteiger partial charge >= 0.3 is 11.9 Å². The molecule has 5 aliphatic carbocycles. The molecule has 10 nitrogen and oxygen atoms in total. The van der Waals surface area contributed by atoms with Gasteiger partial charge in [-0.1, -0.05) is 39.3 Å². The van der Waals surface area contributed by atoms with Crippen molar-refractivity contribution in [3.05, 3.63) is 22.8 Å². The molecule has 6 aliphatic rings. The monoisotopic (exact) mass is 646 g/mol. The molecular weight excluding hydrogens is 592 g/mol. The Bertz CT molecular complexity index is 1340. The van der Waals surface area contributed by atoms with Crippen LogP contribution in [0, 0.1) is 44.8 Å². The third kappa shape index (κ3) is 4.29. The highest BCUT2D eigenvalue weighted by molar-refractivity contribution is 5.84. The molecular formula is C36H54O10. The highest BCUT2D eigenvalue weighted by Crippen LogP contribution is 2.75. The third-order valence-electron chi connectivity index (χ3n) is 15.0. The number of hydrogen-bond donors (Lipinski definition) is 6. The Balaban J connectivity index is 1.39. The standard InChI is InChI=1S/C36H54O10/c1-18-9-14-36(31(44)46-29-28(41)27(40)26(39)21(17-37)45-29)16-15-33(4)20(25(36)19(18)2)7-8-22-32(3)12-11-24(38)35(6,30(42)43)23(32)10-13-34(22,33)5/h7,18,21-24,26-29,37-41H,8-17H2,1-6H3,(H,42,43)/t18-,21-,22-,23-,24+,26-,27+,28-,29+,32-,33-,34-,35-,36+/m1/s1. The molecule has 46 heavy (non-hydrogen) atoms. The number of aliphatic hydroxyl groups is 5. The number of rotatable bonds is 4. The molecule has 0 bridgehead atoms. The van der Waals surface area contributed by atoms with Gasteiger partial charge in [0.05, 0.1) is 23.5 Å². The van der Waals surface area contributed by atoms with E-state index in [0.29, 0.717) is 25.7 Å². The summed E-state index contributed by atoms with van der Waals surface area (Å²) in [7, 11) is 0. The van der Waals surface area contributed by atoms with Gasteiger partial charge in [-0.3, -0.25) is 9.59 Å². The molecule has 0 amide bonds. The van der Waals surface area contributed by atoms with Crippen molar-refractivity contribution < 1.29 is 49.7 Å². The van der Waals surface area contributed by atoms with Crippen LogP contribution < -0.4 is 0 Å². The fourth-order valence-electron chi connectivity index (χ4n) is 11.6. The third-order valence-corrected chi connectivity index (χ3v) is 15.0. The zero-order valence-corrected chi connectivity index (χ0v) is 28.2. The minimum Gasteiger partial charge on any atom is -0.481 e. The van der Waals surface area contributed by atoms with E-state index in [2.05, 4.69) is 40.7 Å². The van der Waals surface area contributed by atoms with E-state index in [-0.39, 0.29) is 34.0 Å². The second kappa shape index (κ2) is 11.1. The summed E-state index contributed by atoms with van der Waals surface area (Å²) < 4.78 is 11.5. The van der Waals surface area contributed by atoms with Crippen molar-refractivity contribution in [1.29, 1.82) is 0 Å². The first-order chi connectivity index (χ1) is 21.4. The Morgan fingerprint density at radius 3 is 2.26 bits per heavy atom. The van der Waals surface area contributed by atoms with Crippen molar-refractivity contribution in [2.75, 3.05) is 6.61 Å². The molecule has 0 aromatic heterocycles. The number of esters is 1.